The highest BCUT2D eigenvalue weighted by molar-refractivity contribution is 6.30. The zero-order valence-electron chi connectivity index (χ0n) is 12.8. The predicted molar refractivity (Wildman–Crippen MR) is 93.0 cm³/mol. The maximum absolute atomic E-state index is 11.9. The van der Waals surface area contributed by atoms with Gasteiger partial charge in [0.05, 0.1) is 7.11 Å². The molecule has 0 aliphatic carbocycles. The van der Waals surface area contributed by atoms with Crippen LogP contribution < -0.4 is 9.47 Å². The fraction of sp³-hybridized carbons (Fsp3) is 0.105. The number of benzene rings is 2. The number of esters is 1. The van der Waals surface area contributed by atoms with E-state index >= 15 is 0 Å². The first kappa shape index (κ1) is 16.8. The van der Waals surface area contributed by atoms with E-state index in [4.69, 9.17) is 21.1 Å². The largest absolute Gasteiger partial charge is 0.493 e. The van der Waals surface area contributed by atoms with E-state index in [2.05, 4.69) is 6.58 Å². The molecule has 0 unspecified atom stereocenters. The van der Waals surface area contributed by atoms with Gasteiger partial charge in [-0.3, -0.25) is 0 Å². The first-order valence-electron chi connectivity index (χ1n) is 7.05. The van der Waals surface area contributed by atoms with Crippen molar-refractivity contribution in [2.75, 3.05) is 7.11 Å². The van der Waals surface area contributed by atoms with E-state index in [9.17, 15) is 4.79 Å². The van der Waals surface area contributed by atoms with Crippen LogP contribution in [-0.4, -0.2) is 13.1 Å². The molecule has 2 rings (SSSR count). The Balaban J connectivity index is 2.07. The second kappa shape index (κ2) is 8.20. The monoisotopic (exact) mass is 328 g/mol. The van der Waals surface area contributed by atoms with Crippen LogP contribution in [0.5, 0.6) is 11.5 Å². The van der Waals surface area contributed by atoms with E-state index in [1.165, 1.54) is 13.2 Å². The highest BCUT2D eigenvalue weighted by Gasteiger charge is 2.08. The van der Waals surface area contributed by atoms with Crippen molar-refractivity contribution < 1.29 is 14.3 Å². The smallest absolute Gasteiger partial charge is 0.336 e. The van der Waals surface area contributed by atoms with Gasteiger partial charge in [-0.25, -0.2) is 4.79 Å². The molecular weight excluding hydrogens is 312 g/mol. The van der Waals surface area contributed by atoms with Gasteiger partial charge in [-0.2, -0.15) is 0 Å². The van der Waals surface area contributed by atoms with Gasteiger partial charge in [-0.15, -0.1) is 6.58 Å². The zero-order valence-corrected chi connectivity index (χ0v) is 13.5. The van der Waals surface area contributed by atoms with Gasteiger partial charge in [-0.1, -0.05) is 35.9 Å². The Bertz CT molecular complexity index is 718. The van der Waals surface area contributed by atoms with Gasteiger partial charge in [0.25, 0.3) is 0 Å². The Morgan fingerprint density at radius 1 is 1.17 bits per heavy atom. The average Bonchev–Trinajstić information content (AvgIpc) is 2.56. The predicted octanol–water partition coefficient (Wildman–Crippen LogP) is 4.70. The Morgan fingerprint density at radius 2 is 1.91 bits per heavy atom. The fourth-order valence-electron chi connectivity index (χ4n) is 1.97. The van der Waals surface area contributed by atoms with Crippen LogP contribution in [0.25, 0.3) is 6.08 Å². The van der Waals surface area contributed by atoms with E-state index in [0.717, 1.165) is 17.5 Å². The number of hydrogen-bond donors (Lipinski definition) is 0. The van der Waals surface area contributed by atoms with Gasteiger partial charge in [0.2, 0.25) is 0 Å². The molecule has 0 atom stereocenters. The molecule has 2 aromatic carbocycles. The molecule has 0 aromatic heterocycles. The molecule has 3 nitrogen and oxygen atoms in total. The van der Waals surface area contributed by atoms with Crippen molar-refractivity contribution in [2.45, 2.75) is 6.42 Å². The van der Waals surface area contributed by atoms with Crippen LogP contribution in [0.3, 0.4) is 0 Å². The summed E-state index contributed by atoms with van der Waals surface area (Å²) < 4.78 is 10.6. The van der Waals surface area contributed by atoms with Gasteiger partial charge < -0.3 is 9.47 Å². The van der Waals surface area contributed by atoms with Crippen LogP contribution in [-0.2, 0) is 11.2 Å². The third-order valence-corrected chi connectivity index (χ3v) is 3.35. The molecule has 0 spiro atoms. The normalized spacial score (nSPS) is 10.5. The van der Waals surface area contributed by atoms with Gasteiger partial charge in [-0.05, 0) is 47.9 Å². The van der Waals surface area contributed by atoms with E-state index in [1.54, 1.807) is 30.4 Å². The molecule has 23 heavy (non-hydrogen) atoms. The Hall–Kier alpha value is -2.52. The van der Waals surface area contributed by atoms with Crippen LogP contribution >= 0.6 is 11.6 Å². The standard InChI is InChI=1S/C19H17ClO3/c1-3-4-15-7-11-17(18(13-15)22-2)23-19(21)12-8-14-5-9-16(20)10-6-14/h3,5-13H,1,4H2,2H3/b12-8+. The van der Waals surface area contributed by atoms with Crippen molar-refractivity contribution in [3.8, 4) is 11.5 Å². The highest BCUT2D eigenvalue weighted by Crippen LogP contribution is 2.28. The summed E-state index contributed by atoms with van der Waals surface area (Å²) in [5.41, 5.74) is 1.90. The topological polar surface area (TPSA) is 35.5 Å². The maximum Gasteiger partial charge on any atom is 0.336 e. The minimum atomic E-state index is -0.477. The van der Waals surface area contributed by atoms with E-state index in [0.29, 0.717) is 16.5 Å². The molecule has 0 amide bonds. The van der Waals surface area contributed by atoms with Crippen LogP contribution in [0.4, 0.5) is 0 Å². The molecule has 0 aliphatic heterocycles. The summed E-state index contributed by atoms with van der Waals surface area (Å²) in [7, 11) is 1.54. The summed E-state index contributed by atoms with van der Waals surface area (Å²) in [6.07, 6.45) is 5.55. The maximum atomic E-state index is 11.9. The fourth-order valence-corrected chi connectivity index (χ4v) is 2.10. The molecule has 0 fully saturated rings. The van der Waals surface area contributed by atoms with Crippen LogP contribution in [0.1, 0.15) is 11.1 Å². The van der Waals surface area contributed by atoms with Crippen LogP contribution in [0.15, 0.2) is 61.2 Å². The molecule has 0 saturated heterocycles. The van der Waals surface area contributed by atoms with Gasteiger partial charge in [0, 0.05) is 11.1 Å². The van der Waals surface area contributed by atoms with Gasteiger partial charge >= 0.3 is 5.97 Å². The number of methoxy groups -OCH3 is 1. The van der Waals surface area contributed by atoms with Crippen LogP contribution in [0, 0.1) is 0 Å². The summed E-state index contributed by atoms with van der Waals surface area (Å²) in [5.74, 6) is 0.415. The molecule has 0 bridgehead atoms. The number of hydrogen-bond acceptors (Lipinski definition) is 3. The summed E-state index contributed by atoms with van der Waals surface area (Å²) in [6.45, 7) is 3.70. The van der Waals surface area contributed by atoms with Crippen molar-refractivity contribution in [1.29, 1.82) is 0 Å². The Labute approximate surface area is 140 Å². The lowest BCUT2D eigenvalue weighted by atomic mass is 10.1. The quantitative estimate of drug-likeness (QED) is 0.334. The lowest BCUT2D eigenvalue weighted by Gasteiger charge is -2.09. The average molecular weight is 329 g/mol. The number of rotatable bonds is 6. The summed E-state index contributed by atoms with van der Waals surface area (Å²) in [5, 5.41) is 0.647. The summed E-state index contributed by atoms with van der Waals surface area (Å²) in [4.78, 5) is 11.9. The third-order valence-electron chi connectivity index (χ3n) is 3.10. The second-order valence-corrected chi connectivity index (χ2v) is 5.22. The lowest BCUT2D eigenvalue weighted by Crippen LogP contribution is -2.05. The number of halogens is 1. The van der Waals surface area contributed by atoms with E-state index in [-0.39, 0.29) is 0 Å². The molecule has 4 heteroatoms. The Morgan fingerprint density at radius 3 is 2.57 bits per heavy atom. The first-order valence-corrected chi connectivity index (χ1v) is 7.43. The van der Waals surface area contributed by atoms with Crippen molar-refractivity contribution in [1.82, 2.24) is 0 Å². The summed E-state index contributed by atoms with van der Waals surface area (Å²) in [6, 6.07) is 12.6. The minimum Gasteiger partial charge on any atom is -0.493 e. The van der Waals surface area contributed by atoms with E-state index < -0.39 is 5.97 Å². The van der Waals surface area contributed by atoms with E-state index in [1.807, 2.05) is 24.3 Å². The number of allylic oxidation sites excluding steroid dienone is 1. The highest BCUT2D eigenvalue weighted by atomic mass is 35.5. The molecule has 0 aliphatic rings. The molecule has 0 heterocycles. The van der Waals surface area contributed by atoms with Crippen LogP contribution in [0.2, 0.25) is 5.02 Å². The third kappa shape index (κ3) is 5.01. The van der Waals surface area contributed by atoms with Crippen molar-refractivity contribution in [3.05, 3.63) is 77.3 Å². The number of carbonyl (C=O) groups excluding carboxylic acids is 1. The van der Waals surface area contributed by atoms with Gasteiger partial charge in [0.1, 0.15) is 0 Å². The molecular formula is C19H17ClO3. The lowest BCUT2D eigenvalue weighted by molar-refractivity contribution is -0.129. The number of ether oxygens (including phenoxy) is 2. The van der Waals surface area contributed by atoms with Gasteiger partial charge in [0.15, 0.2) is 11.5 Å². The summed E-state index contributed by atoms with van der Waals surface area (Å²) >= 11 is 5.81. The molecule has 0 N–H and O–H groups in total. The molecule has 2 aromatic rings. The number of carbonyl (C=O) groups is 1. The Kier molecular flexibility index (Phi) is 6.01. The van der Waals surface area contributed by atoms with Crippen molar-refractivity contribution in [3.63, 3.8) is 0 Å². The molecule has 0 radical (unpaired) electrons. The van der Waals surface area contributed by atoms with Crippen molar-refractivity contribution in [2.24, 2.45) is 0 Å². The molecule has 0 saturated carbocycles. The zero-order chi connectivity index (χ0) is 16.7. The second-order valence-electron chi connectivity index (χ2n) is 4.78. The molecule has 118 valence electrons. The first-order chi connectivity index (χ1) is 11.1. The SMILES string of the molecule is C=CCc1ccc(OC(=O)/C=C/c2ccc(Cl)cc2)c(OC)c1. The van der Waals surface area contributed by atoms with Crippen molar-refractivity contribution >= 4 is 23.6 Å². The minimum absolute atomic E-state index is 0.381.